The first-order valence-corrected chi connectivity index (χ1v) is 7.91. The number of carboxylic acids is 1. The van der Waals surface area contributed by atoms with Gasteiger partial charge in [-0.25, -0.2) is 4.39 Å². The first-order valence-electron chi connectivity index (χ1n) is 7.91. The minimum Gasteiger partial charge on any atom is -0.496 e. The van der Waals surface area contributed by atoms with Gasteiger partial charge in [-0.1, -0.05) is 18.2 Å². The molecule has 0 bridgehead atoms. The fourth-order valence-electron chi connectivity index (χ4n) is 2.58. The Balaban J connectivity index is 2.07. The topological polar surface area (TPSA) is 84.9 Å². The molecule has 138 valence electrons. The summed E-state index contributed by atoms with van der Waals surface area (Å²) in [5, 5.41) is 12.0. The van der Waals surface area contributed by atoms with Gasteiger partial charge < -0.3 is 19.9 Å². The average molecular weight is 361 g/mol. The van der Waals surface area contributed by atoms with E-state index in [1.165, 1.54) is 38.5 Å². The van der Waals surface area contributed by atoms with Crippen LogP contribution in [0.25, 0.3) is 0 Å². The van der Waals surface area contributed by atoms with Crippen LogP contribution in [0, 0.1) is 5.82 Å². The van der Waals surface area contributed by atoms with E-state index in [4.69, 9.17) is 9.47 Å². The molecule has 1 unspecified atom stereocenters. The maximum absolute atomic E-state index is 13.0. The lowest BCUT2D eigenvalue weighted by Gasteiger charge is -2.16. The van der Waals surface area contributed by atoms with Crippen molar-refractivity contribution in [3.05, 3.63) is 59.4 Å². The second kappa shape index (κ2) is 8.84. The number of amides is 1. The first kappa shape index (κ1) is 19.2. The molecule has 0 spiro atoms. The van der Waals surface area contributed by atoms with Crippen LogP contribution in [-0.2, 0) is 16.0 Å². The molecule has 0 aliphatic heterocycles. The van der Waals surface area contributed by atoms with E-state index in [-0.39, 0.29) is 18.9 Å². The van der Waals surface area contributed by atoms with Gasteiger partial charge in [0, 0.05) is 12.1 Å². The number of carbonyl (C=O) groups is 2. The third kappa shape index (κ3) is 4.72. The average Bonchev–Trinajstić information content (AvgIpc) is 2.63. The molecule has 0 radical (unpaired) electrons. The molecule has 7 heteroatoms. The van der Waals surface area contributed by atoms with Crippen LogP contribution in [0.2, 0.25) is 0 Å². The van der Waals surface area contributed by atoms with E-state index in [2.05, 4.69) is 5.32 Å². The number of carboxylic acid groups (broad SMARTS) is 1. The van der Waals surface area contributed by atoms with Crippen molar-refractivity contribution in [3.8, 4) is 11.5 Å². The molecular weight excluding hydrogens is 341 g/mol. The number of benzene rings is 2. The van der Waals surface area contributed by atoms with E-state index in [9.17, 15) is 19.1 Å². The Morgan fingerprint density at radius 2 is 1.65 bits per heavy atom. The number of ether oxygens (including phenoxy) is 2. The van der Waals surface area contributed by atoms with E-state index >= 15 is 0 Å². The molecule has 0 aromatic heterocycles. The summed E-state index contributed by atoms with van der Waals surface area (Å²) in [6, 6.07) is 10.3. The Hall–Kier alpha value is -3.09. The van der Waals surface area contributed by atoms with Crippen molar-refractivity contribution >= 4 is 11.9 Å². The Bertz CT molecular complexity index is 754. The molecule has 0 aliphatic rings. The fraction of sp³-hybridized carbons (Fsp3) is 0.263. The van der Waals surface area contributed by atoms with Gasteiger partial charge in [0.25, 0.3) is 0 Å². The number of carbonyl (C=O) groups excluding carboxylic acids is 1. The zero-order valence-electron chi connectivity index (χ0n) is 14.5. The van der Waals surface area contributed by atoms with Gasteiger partial charge in [-0.05, 0) is 29.8 Å². The van der Waals surface area contributed by atoms with Crippen LogP contribution in [0.1, 0.15) is 17.0 Å². The van der Waals surface area contributed by atoms with E-state index in [0.29, 0.717) is 22.6 Å². The minimum absolute atomic E-state index is 0.0249. The third-order valence-corrected chi connectivity index (χ3v) is 3.94. The zero-order chi connectivity index (χ0) is 19.1. The van der Waals surface area contributed by atoms with Crippen molar-refractivity contribution in [2.24, 2.45) is 0 Å². The summed E-state index contributed by atoms with van der Waals surface area (Å²) >= 11 is 0. The molecule has 2 N–H and O–H groups in total. The smallest absolute Gasteiger partial charge is 0.312 e. The molecule has 0 aliphatic carbocycles. The lowest BCUT2D eigenvalue weighted by Crippen LogP contribution is -2.32. The Morgan fingerprint density at radius 3 is 2.15 bits per heavy atom. The Kier molecular flexibility index (Phi) is 6.54. The molecule has 0 saturated heterocycles. The lowest BCUT2D eigenvalue weighted by atomic mass is 9.99. The largest absolute Gasteiger partial charge is 0.496 e. The van der Waals surface area contributed by atoms with Gasteiger partial charge >= 0.3 is 5.97 Å². The van der Waals surface area contributed by atoms with Crippen LogP contribution < -0.4 is 14.8 Å². The number of rotatable bonds is 8. The molecule has 0 heterocycles. The number of hydrogen-bond acceptors (Lipinski definition) is 4. The zero-order valence-corrected chi connectivity index (χ0v) is 14.5. The van der Waals surface area contributed by atoms with E-state index < -0.39 is 17.7 Å². The number of nitrogens with one attached hydrogen (secondary N) is 1. The fourth-order valence-corrected chi connectivity index (χ4v) is 2.58. The molecule has 0 saturated carbocycles. The first-order chi connectivity index (χ1) is 12.5. The summed E-state index contributed by atoms with van der Waals surface area (Å²) in [7, 11) is 2.98. The van der Waals surface area contributed by atoms with Crippen LogP contribution in [0.5, 0.6) is 11.5 Å². The monoisotopic (exact) mass is 361 g/mol. The van der Waals surface area contributed by atoms with Gasteiger partial charge in [0.1, 0.15) is 17.3 Å². The van der Waals surface area contributed by atoms with Crippen LogP contribution in [0.3, 0.4) is 0 Å². The Morgan fingerprint density at radius 1 is 1.08 bits per heavy atom. The van der Waals surface area contributed by atoms with E-state index in [1.807, 2.05) is 0 Å². The molecule has 1 amide bonds. The predicted molar refractivity (Wildman–Crippen MR) is 93.0 cm³/mol. The van der Waals surface area contributed by atoms with Gasteiger partial charge in [0.15, 0.2) is 0 Å². The third-order valence-electron chi connectivity index (χ3n) is 3.94. The van der Waals surface area contributed by atoms with Crippen molar-refractivity contribution in [1.29, 1.82) is 0 Å². The highest BCUT2D eigenvalue weighted by Gasteiger charge is 2.21. The van der Waals surface area contributed by atoms with Crippen molar-refractivity contribution < 1.29 is 28.6 Å². The molecule has 2 aromatic carbocycles. The maximum atomic E-state index is 13.0. The quantitative estimate of drug-likeness (QED) is 0.754. The van der Waals surface area contributed by atoms with Gasteiger partial charge in [-0.15, -0.1) is 0 Å². The van der Waals surface area contributed by atoms with E-state index in [1.54, 1.807) is 18.2 Å². The number of hydrogen-bond donors (Lipinski definition) is 2. The normalized spacial score (nSPS) is 11.5. The van der Waals surface area contributed by atoms with Crippen LogP contribution in [0.15, 0.2) is 42.5 Å². The summed E-state index contributed by atoms with van der Waals surface area (Å²) in [4.78, 5) is 23.8. The molecule has 26 heavy (non-hydrogen) atoms. The van der Waals surface area contributed by atoms with Crippen LogP contribution in [-0.4, -0.2) is 37.7 Å². The molecule has 6 nitrogen and oxygen atoms in total. The second-order valence-corrected chi connectivity index (χ2v) is 5.56. The predicted octanol–water partition coefficient (Wildman–Crippen LogP) is 2.37. The highest BCUT2D eigenvalue weighted by atomic mass is 19.1. The van der Waals surface area contributed by atoms with Crippen molar-refractivity contribution in [2.45, 2.75) is 12.3 Å². The molecule has 1 atom stereocenters. The summed E-state index contributed by atoms with van der Waals surface area (Å²) in [5.74, 6) is -1.89. The molecule has 2 rings (SSSR count). The van der Waals surface area contributed by atoms with E-state index in [0.717, 1.165) is 0 Å². The van der Waals surface area contributed by atoms with Gasteiger partial charge in [-0.3, -0.25) is 9.59 Å². The summed E-state index contributed by atoms with van der Waals surface area (Å²) < 4.78 is 23.5. The van der Waals surface area contributed by atoms with Gasteiger partial charge in [0.2, 0.25) is 5.91 Å². The van der Waals surface area contributed by atoms with Gasteiger partial charge in [-0.2, -0.15) is 0 Å². The SMILES string of the molecule is COc1cccc(OC)c1CC(=O)NCC(C(=O)O)c1ccc(F)cc1. The van der Waals surface area contributed by atoms with Gasteiger partial charge in [0.05, 0.1) is 26.6 Å². The standard InChI is InChI=1S/C19H20FNO5/c1-25-16-4-3-5-17(26-2)14(16)10-18(22)21-11-15(19(23)24)12-6-8-13(20)9-7-12/h3-9,15H,10-11H2,1-2H3,(H,21,22)(H,23,24). The summed E-state index contributed by atoms with van der Waals surface area (Å²) in [6.07, 6.45) is -0.0249. The highest BCUT2D eigenvalue weighted by molar-refractivity contribution is 5.82. The Labute approximate surface area is 150 Å². The number of halogens is 1. The highest BCUT2D eigenvalue weighted by Crippen LogP contribution is 2.28. The molecule has 0 fully saturated rings. The van der Waals surface area contributed by atoms with Crippen molar-refractivity contribution in [3.63, 3.8) is 0 Å². The maximum Gasteiger partial charge on any atom is 0.312 e. The second-order valence-electron chi connectivity index (χ2n) is 5.56. The van der Waals surface area contributed by atoms with Crippen LogP contribution in [0.4, 0.5) is 4.39 Å². The van der Waals surface area contributed by atoms with Crippen LogP contribution >= 0.6 is 0 Å². The van der Waals surface area contributed by atoms with Crippen molar-refractivity contribution in [2.75, 3.05) is 20.8 Å². The number of methoxy groups -OCH3 is 2. The molecule has 2 aromatic rings. The number of aliphatic carboxylic acids is 1. The minimum atomic E-state index is -1.10. The summed E-state index contributed by atoms with van der Waals surface area (Å²) in [6.45, 7) is -0.114. The summed E-state index contributed by atoms with van der Waals surface area (Å²) in [5.41, 5.74) is 0.984. The lowest BCUT2D eigenvalue weighted by molar-refractivity contribution is -0.138. The van der Waals surface area contributed by atoms with Crippen molar-refractivity contribution in [1.82, 2.24) is 5.32 Å². The molecular formula is C19H20FNO5.